The second-order valence-corrected chi connectivity index (χ2v) is 5.38. The van der Waals surface area contributed by atoms with Gasteiger partial charge in [-0.25, -0.2) is 0 Å². The Morgan fingerprint density at radius 1 is 1.07 bits per heavy atom. The SMILES string of the molecule is B1C=CC=C1.c1ccc2c(c1)CSS2. The predicted octanol–water partition coefficient (Wildman–Crippen LogP) is 3.40. The number of rotatable bonds is 0. The van der Waals surface area contributed by atoms with Crippen molar-refractivity contribution in [3.8, 4) is 0 Å². The Kier molecular flexibility index (Phi) is 3.84. The summed E-state index contributed by atoms with van der Waals surface area (Å²) in [5.74, 6) is 5.43. The van der Waals surface area contributed by atoms with Crippen LogP contribution in [0.15, 0.2) is 53.3 Å². The van der Waals surface area contributed by atoms with Crippen LogP contribution in [0.2, 0.25) is 0 Å². The van der Waals surface area contributed by atoms with Crippen LogP contribution in [0.1, 0.15) is 5.56 Å². The Balaban J connectivity index is 0.000000128. The second-order valence-electron chi connectivity index (χ2n) is 3.05. The molecule has 0 nitrogen and oxygen atoms in total. The molecular weight excluding hydrogens is 207 g/mol. The van der Waals surface area contributed by atoms with Crippen LogP contribution >= 0.6 is 21.6 Å². The Morgan fingerprint density at radius 3 is 2.50 bits per heavy atom. The molecule has 0 spiro atoms. The van der Waals surface area contributed by atoms with Gasteiger partial charge in [0, 0.05) is 10.6 Å². The van der Waals surface area contributed by atoms with Crippen molar-refractivity contribution in [1.82, 2.24) is 0 Å². The van der Waals surface area contributed by atoms with Gasteiger partial charge in [-0.05, 0) is 11.6 Å². The van der Waals surface area contributed by atoms with Crippen molar-refractivity contribution in [2.75, 3.05) is 0 Å². The molecule has 0 saturated heterocycles. The van der Waals surface area contributed by atoms with E-state index in [0.29, 0.717) is 0 Å². The van der Waals surface area contributed by atoms with E-state index in [0.717, 1.165) is 7.28 Å². The van der Waals surface area contributed by atoms with Crippen molar-refractivity contribution in [1.29, 1.82) is 0 Å². The predicted molar refractivity (Wildman–Crippen MR) is 69.0 cm³/mol. The molecule has 0 atom stereocenters. The van der Waals surface area contributed by atoms with Crippen LogP contribution in [0, 0.1) is 0 Å². The fourth-order valence-corrected chi connectivity index (χ4v) is 3.72. The topological polar surface area (TPSA) is 0 Å². The lowest BCUT2D eigenvalue weighted by Gasteiger charge is -1.90. The fourth-order valence-electron chi connectivity index (χ4n) is 1.25. The molecule has 0 bridgehead atoms. The minimum atomic E-state index is 1.14. The average Bonchev–Trinajstić information content (AvgIpc) is 2.92. The van der Waals surface area contributed by atoms with Crippen molar-refractivity contribution < 1.29 is 0 Å². The van der Waals surface area contributed by atoms with Crippen LogP contribution in [-0.2, 0) is 5.75 Å². The maximum Gasteiger partial charge on any atom is 0.173 e. The van der Waals surface area contributed by atoms with E-state index in [2.05, 4.69) is 48.4 Å². The van der Waals surface area contributed by atoms with Crippen LogP contribution in [-0.4, -0.2) is 7.28 Å². The normalized spacial score (nSPS) is 15.7. The summed E-state index contributed by atoms with van der Waals surface area (Å²) in [6.45, 7) is 0. The maximum atomic E-state index is 2.20. The summed E-state index contributed by atoms with van der Waals surface area (Å²) in [4.78, 5) is 1.45. The van der Waals surface area contributed by atoms with E-state index in [9.17, 15) is 0 Å². The van der Waals surface area contributed by atoms with Crippen molar-refractivity contribution in [3.63, 3.8) is 0 Å². The van der Waals surface area contributed by atoms with Gasteiger partial charge in [0.15, 0.2) is 7.28 Å². The molecule has 0 aromatic heterocycles. The maximum absolute atomic E-state index is 2.20. The van der Waals surface area contributed by atoms with Gasteiger partial charge in [0.25, 0.3) is 0 Å². The van der Waals surface area contributed by atoms with Gasteiger partial charge in [-0.2, -0.15) is 0 Å². The molecule has 1 aromatic carbocycles. The third kappa shape index (κ3) is 2.73. The third-order valence-electron chi connectivity index (χ3n) is 1.99. The fraction of sp³-hybridized carbons (Fsp3) is 0.0909. The van der Waals surface area contributed by atoms with E-state index < -0.39 is 0 Å². The standard InChI is InChI=1S/C7H6S2.C4H5B/c1-2-4-7-6(3-1)5-8-9-7;1-2-4-5-3-1/h1-4H,5H2;1-5H. The van der Waals surface area contributed by atoms with Crippen LogP contribution < -0.4 is 0 Å². The highest BCUT2D eigenvalue weighted by Crippen LogP contribution is 2.43. The lowest BCUT2D eigenvalue weighted by molar-refractivity contribution is 1.29. The third-order valence-corrected chi connectivity index (χ3v) is 4.36. The van der Waals surface area contributed by atoms with Gasteiger partial charge >= 0.3 is 0 Å². The van der Waals surface area contributed by atoms with Crippen LogP contribution in [0.5, 0.6) is 0 Å². The van der Waals surface area contributed by atoms with Crippen molar-refractivity contribution in [2.45, 2.75) is 10.6 Å². The molecule has 0 N–H and O–H groups in total. The first-order valence-electron chi connectivity index (χ1n) is 4.66. The van der Waals surface area contributed by atoms with E-state index in [1.807, 2.05) is 21.6 Å². The first kappa shape index (κ1) is 10.00. The molecule has 3 rings (SSSR count). The Hall–Kier alpha value is -0.535. The molecule has 2 heterocycles. The van der Waals surface area contributed by atoms with Gasteiger partial charge in [0.1, 0.15) is 0 Å². The monoisotopic (exact) mass is 218 g/mol. The van der Waals surface area contributed by atoms with Crippen molar-refractivity contribution in [2.24, 2.45) is 0 Å². The lowest BCUT2D eigenvalue weighted by Crippen LogP contribution is -1.73. The van der Waals surface area contributed by atoms with E-state index >= 15 is 0 Å². The molecule has 0 unspecified atom stereocenters. The van der Waals surface area contributed by atoms with E-state index in [1.54, 1.807) is 0 Å². The van der Waals surface area contributed by atoms with Gasteiger partial charge in [0.05, 0.1) is 0 Å². The molecule has 0 amide bonds. The summed E-state index contributed by atoms with van der Waals surface area (Å²) >= 11 is 0. The molecule has 0 saturated carbocycles. The summed E-state index contributed by atoms with van der Waals surface area (Å²) < 4.78 is 0. The van der Waals surface area contributed by atoms with Gasteiger partial charge in [0.2, 0.25) is 0 Å². The lowest BCUT2D eigenvalue weighted by atomic mass is 9.83. The quantitative estimate of drug-likeness (QED) is 0.483. The van der Waals surface area contributed by atoms with Crippen LogP contribution in [0.3, 0.4) is 0 Å². The van der Waals surface area contributed by atoms with Gasteiger partial charge in [-0.1, -0.05) is 51.9 Å². The number of hydrogen-bond acceptors (Lipinski definition) is 2. The molecule has 2 aliphatic heterocycles. The van der Waals surface area contributed by atoms with Gasteiger partial charge in [-0.15, -0.1) is 12.0 Å². The second kappa shape index (κ2) is 5.37. The first-order chi connectivity index (χ1) is 6.97. The summed E-state index contributed by atoms with van der Waals surface area (Å²) in [7, 11) is 4.94. The van der Waals surface area contributed by atoms with Crippen molar-refractivity contribution in [3.05, 3.63) is 53.9 Å². The smallest absolute Gasteiger partial charge is 0.114 e. The largest absolute Gasteiger partial charge is 0.173 e. The molecule has 1 aromatic rings. The molecule has 3 heteroatoms. The van der Waals surface area contributed by atoms with E-state index in [-0.39, 0.29) is 0 Å². The zero-order valence-corrected chi connectivity index (χ0v) is 9.48. The summed E-state index contributed by atoms with van der Waals surface area (Å²) in [5.41, 5.74) is 1.49. The van der Waals surface area contributed by atoms with Crippen LogP contribution in [0.25, 0.3) is 0 Å². The summed E-state index contributed by atoms with van der Waals surface area (Å²) in [5, 5.41) is 0. The van der Waals surface area contributed by atoms with E-state index in [4.69, 9.17) is 0 Å². The Labute approximate surface area is 93.5 Å². The Bertz CT molecular complexity index is 325. The molecule has 70 valence electrons. The van der Waals surface area contributed by atoms with Gasteiger partial charge in [-0.3, -0.25) is 0 Å². The molecule has 2 aliphatic rings. The van der Waals surface area contributed by atoms with Gasteiger partial charge < -0.3 is 0 Å². The number of benzene rings is 1. The molecule has 0 fully saturated rings. The molecule has 0 aliphatic carbocycles. The average molecular weight is 218 g/mol. The summed E-state index contributed by atoms with van der Waals surface area (Å²) in [6.07, 6.45) is 4.11. The number of hydrogen-bond donors (Lipinski definition) is 0. The highest BCUT2D eigenvalue weighted by molar-refractivity contribution is 8.76. The number of fused-ring (bicyclic) bond motifs is 1. The Morgan fingerprint density at radius 2 is 1.86 bits per heavy atom. The highest BCUT2D eigenvalue weighted by atomic mass is 33.1. The highest BCUT2D eigenvalue weighted by Gasteiger charge is 2.09. The zero-order chi connectivity index (χ0) is 9.64. The molecular formula is C11H11BS2. The zero-order valence-electron chi connectivity index (χ0n) is 7.85. The van der Waals surface area contributed by atoms with Crippen LogP contribution in [0.4, 0.5) is 0 Å². The molecule has 0 radical (unpaired) electrons. The summed E-state index contributed by atoms with van der Waals surface area (Å²) in [6, 6.07) is 8.57. The molecule has 14 heavy (non-hydrogen) atoms. The first-order valence-corrected chi connectivity index (χ1v) is 6.98. The minimum absolute atomic E-state index is 1.14. The number of allylic oxidation sites excluding steroid dienone is 2. The van der Waals surface area contributed by atoms with E-state index in [1.165, 1.54) is 16.2 Å². The van der Waals surface area contributed by atoms with Crippen molar-refractivity contribution >= 4 is 28.9 Å². The minimum Gasteiger partial charge on any atom is -0.114 e.